The predicted octanol–water partition coefficient (Wildman–Crippen LogP) is 1.24. The molecule has 6 nitrogen and oxygen atoms in total. The van der Waals surface area contributed by atoms with Gasteiger partial charge in [-0.05, 0) is 37.6 Å². The molecule has 1 amide bonds. The van der Waals surface area contributed by atoms with Crippen LogP contribution >= 0.6 is 12.4 Å². The van der Waals surface area contributed by atoms with Crippen molar-refractivity contribution in [3.8, 4) is 0 Å². The van der Waals surface area contributed by atoms with Gasteiger partial charge in [0, 0.05) is 19.5 Å². The summed E-state index contributed by atoms with van der Waals surface area (Å²) in [7, 11) is -3.74. The molecule has 1 fully saturated rings. The van der Waals surface area contributed by atoms with E-state index in [0.29, 0.717) is 6.54 Å². The van der Waals surface area contributed by atoms with E-state index >= 15 is 0 Å². The normalized spacial score (nSPS) is 18.4. The monoisotopic (exact) mass is 351 g/mol. The number of amides is 1. The molecule has 1 saturated heterocycles. The Balaban J connectivity index is 0.00000242. The Bertz CT molecular complexity index is 633. The molecular formula is C13H19ClFN3O3S. The average molecular weight is 352 g/mol. The molecule has 0 saturated carbocycles. The number of carbonyl (C=O) groups is 1. The third kappa shape index (κ3) is 4.91. The maximum atomic E-state index is 13.5. The zero-order valence-electron chi connectivity index (χ0n) is 12.1. The standard InChI is InChI=1S/C13H18FN3O3S.ClH/c1-9(18)16-13-7-11(4-5-12(13)14)21(19,20)17-10-3-2-6-15-8-10;/h4-5,7,10,15,17H,2-3,6,8H2,1H3,(H,16,18);1H. The number of piperidine rings is 1. The molecule has 1 heterocycles. The lowest BCUT2D eigenvalue weighted by Gasteiger charge is -2.23. The summed E-state index contributed by atoms with van der Waals surface area (Å²) in [5, 5.41) is 5.38. The van der Waals surface area contributed by atoms with E-state index in [4.69, 9.17) is 0 Å². The predicted molar refractivity (Wildman–Crippen MR) is 84.2 cm³/mol. The minimum Gasteiger partial charge on any atom is -0.324 e. The third-order valence-electron chi connectivity index (χ3n) is 3.18. The minimum atomic E-state index is -3.74. The van der Waals surface area contributed by atoms with Gasteiger partial charge < -0.3 is 10.6 Å². The van der Waals surface area contributed by atoms with Crippen LogP contribution in [0.2, 0.25) is 0 Å². The minimum absolute atomic E-state index is 0. The molecule has 1 aromatic carbocycles. The number of hydrogen-bond donors (Lipinski definition) is 3. The summed E-state index contributed by atoms with van der Waals surface area (Å²) in [6.07, 6.45) is 1.65. The van der Waals surface area contributed by atoms with Crippen molar-refractivity contribution in [2.45, 2.75) is 30.7 Å². The first-order valence-corrected chi connectivity index (χ1v) is 8.17. The molecule has 0 radical (unpaired) electrons. The maximum Gasteiger partial charge on any atom is 0.240 e. The van der Waals surface area contributed by atoms with Crippen LogP contribution in [0.1, 0.15) is 19.8 Å². The van der Waals surface area contributed by atoms with Gasteiger partial charge in [0.1, 0.15) is 5.82 Å². The van der Waals surface area contributed by atoms with Crippen LogP contribution in [0.5, 0.6) is 0 Å². The number of rotatable bonds is 4. The number of hydrogen-bond acceptors (Lipinski definition) is 4. The van der Waals surface area contributed by atoms with Crippen LogP contribution in [0.3, 0.4) is 0 Å². The van der Waals surface area contributed by atoms with Gasteiger partial charge in [0.2, 0.25) is 15.9 Å². The molecule has 0 spiro atoms. The fourth-order valence-electron chi connectivity index (χ4n) is 2.20. The Morgan fingerprint density at radius 1 is 1.41 bits per heavy atom. The molecule has 1 aliphatic rings. The Morgan fingerprint density at radius 2 is 2.14 bits per heavy atom. The van der Waals surface area contributed by atoms with E-state index < -0.39 is 21.7 Å². The van der Waals surface area contributed by atoms with Crippen LogP contribution in [0.25, 0.3) is 0 Å². The molecule has 1 unspecified atom stereocenters. The number of sulfonamides is 1. The molecule has 0 aliphatic carbocycles. The summed E-state index contributed by atoms with van der Waals surface area (Å²) in [6.45, 7) is 2.67. The Kier molecular flexibility index (Phi) is 6.73. The highest BCUT2D eigenvalue weighted by atomic mass is 35.5. The summed E-state index contributed by atoms with van der Waals surface area (Å²) in [5.41, 5.74) is -0.146. The molecule has 3 N–H and O–H groups in total. The van der Waals surface area contributed by atoms with Crippen LogP contribution in [0.4, 0.5) is 10.1 Å². The first-order chi connectivity index (χ1) is 9.88. The first-order valence-electron chi connectivity index (χ1n) is 6.69. The second-order valence-corrected chi connectivity index (χ2v) is 6.70. The van der Waals surface area contributed by atoms with Crippen LogP contribution in [-0.4, -0.2) is 33.5 Å². The number of carbonyl (C=O) groups excluding carboxylic acids is 1. The van der Waals surface area contributed by atoms with E-state index in [1.165, 1.54) is 13.0 Å². The fraction of sp³-hybridized carbons (Fsp3) is 0.462. The smallest absolute Gasteiger partial charge is 0.240 e. The lowest BCUT2D eigenvalue weighted by atomic mass is 10.1. The molecule has 1 aromatic rings. The molecular weight excluding hydrogens is 333 g/mol. The summed E-state index contributed by atoms with van der Waals surface area (Å²) in [5.74, 6) is -1.14. The van der Waals surface area contributed by atoms with Gasteiger partial charge in [-0.1, -0.05) is 0 Å². The zero-order chi connectivity index (χ0) is 15.5. The highest BCUT2D eigenvalue weighted by molar-refractivity contribution is 7.89. The van der Waals surface area contributed by atoms with Crippen LogP contribution in [-0.2, 0) is 14.8 Å². The van der Waals surface area contributed by atoms with E-state index in [2.05, 4.69) is 15.4 Å². The number of halogens is 2. The maximum absolute atomic E-state index is 13.5. The second-order valence-electron chi connectivity index (χ2n) is 4.99. The van der Waals surface area contributed by atoms with E-state index in [1.807, 2.05) is 0 Å². The SMILES string of the molecule is CC(=O)Nc1cc(S(=O)(=O)NC2CCCNC2)ccc1F.Cl. The number of nitrogens with one attached hydrogen (secondary N) is 3. The third-order valence-corrected chi connectivity index (χ3v) is 4.70. The molecule has 0 aromatic heterocycles. The van der Waals surface area contributed by atoms with Crippen molar-refractivity contribution < 1.29 is 17.6 Å². The Labute approximate surface area is 135 Å². The zero-order valence-corrected chi connectivity index (χ0v) is 13.7. The summed E-state index contributed by atoms with van der Waals surface area (Å²) in [6, 6.07) is 3.14. The fourth-order valence-corrected chi connectivity index (χ4v) is 3.49. The molecule has 1 atom stereocenters. The van der Waals surface area contributed by atoms with Crippen LogP contribution < -0.4 is 15.4 Å². The summed E-state index contributed by atoms with van der Waals surface area (Å²) in [4.78, 5) is 10.9. The van der Waals surface area contributed by atoms with Gasteiger partial charge in [0.05, 0.1) is 10.6 Å². The average Bonchev–Trinajstić information content (AvgIpc) is 2.41. The summed E-state index contributed by atoms with van der Waals surface area (Å²) >= 11 is 0. The van der Waals surface area contributed by atoms with Gasteiger partial charge in [0.25, 0.3) is 0 Å². The Morgan fingerprint density at radius 3 is 2.73 bits per heavy atom. The Hall–Kier alpha value is -1.22. The van der Waals surface area contributed by atoms with Gasteiger partial charge in [0.15, 0.2) is 0 Å². The van der Waals surface area contributed by atoms with Crippen molar-refractivity contribution in [3.05, 3.63) is 24.0 Å². The van der Waals surface area contributed by atoms with Crippen molar-refractivity contribution in [3.63, 3.8) is 0 Å². The molecule has 124 valence electrons. The second kappa shape index (κ2) is 7.87. The largest absolute Gasteiger partial charge is 0.324 e. The van der Waals surface area contributed by atoms with Crippen molar-refractivity contribution >= 4 is 34.0 Å². The highest BCUT2D eigenvalue weighted by Crippen LogP contribution is 2.20. The summed E-state index contributed by atoms with van der Waals surface area (Å²) < 4.78 is 40.7. The van der Waals surface area contributed by atoms with Crippen molar-refractivity contribution in [2.24, 2.45) is 0 Å². The lowest BCUT2D eigenvalue weighted by Crippen LogP contribution is -2.45. The van der Waals surface area contributed by atoms with Crippen LogP contribution in [0, 0.1) is 5.82 Å². The van der Waals surface area contributed by atoms with E-state index in [0.717, 1.165) is 31.5 Å². The van der Waals surface area contributed by atoms with Crippen molar-refractivity contribution in [1.29, 1.82) is 0 Å². The lowest BCUT2D eigenvalue weighted by molar-refractivity contribution is -0.114. The first kappa shape index (κ1) is 18.8. The number of anilines is 1. The van der Waals surface area contributed by atoms with Gasteiger partial charge in [-0.2, -0.15) is 0 Å². The molecule has 9 heteroatoms. The van der Waals surface area contributed by atoms with E-state index in [9.17, 15) is 17.6 Å². The molecule has 2 rings (SSSR count). The van der Waals surface area contributed by atoms with Crippen LogP contribution in [0.15, 0.2) is 23.1 Å². The van der Waals surface area contributed by atoms with Gasteiger partial charge in [-0.15, -0.1) is 12.4 Å². The van der Waals surface area contributed by atoms with Gasteiger partial charge in [-0.25, -0.2) is 17.5 Å². The van der Waals surface area contributed by atoms with E-state index in [-0.39, 0.29) is 29.0 Å². The molecule has 0 bridgehead atoms. The quantitative estimate of drug-likeness (QED) is 0.761. The van der Waals surface area contributed by atoms with E-state index in [1.54, 1.807) is 0 Å². The highest BCUT2D eigenvalue weighted by Gasteiger charge is 2.22. The van der Waals surface area contributed by atoms with Gasteiger partial charge in [-0.3, -0.25) is 4.79 Å². The number of benzene rings is 1. The molecule has 22 heavy (non-hydrogen) atoms. The topological polar surface area (TPSA) is 87.3 Å². The molecule has 1 aliphatic heterocycles. The van der Waals surface area contributed by atoms with Gasteiger partial charge >= 0.3 is 0 Å². The van der Waals surface area contributed by atoms with Crippen molar-refractivity contribution in [1.82, 2.24) is 10.0 Å². The van der Waals surface area contributed by atoms with Crippen molar-refractivity contribution in [2.75, 3.05) is 18.4 Å².